The molecule has 0 saturated heterocycles. The maximum Gasteiger partial charge on any atom is 0.226 e. The summed E-state index contributed by atoms with van der Waals surface area (Å²) in [5.74, 6) is 1.00. The molecule has 136 valence electrons. The van der Waals surface area contributed by atoms with Crippen molar-refractivity contribution in [1.29, 1.82) is 0 Å². The first-order chi connectivity index (χ1) is 11.8. The summed E-state index contributed by atoms with van der Waals surface area (Å²) in [5, 5.41) is 5.54. The van der Waals surface area contributed by atoms with Crippen LogP contribution in [0.4, 0.5) is 5.13 Å². The zero-order valence-corrected chi connectivity index (χ0v) is 15.8. The minimum Gasteiger partial charge on any atom is -0.493 e. The number of rotatable bonds is 8. The molecule has 0 spiro atoms. The Hall–Kier alpha value is -1.63. The highest BCUT2D eigenvalue weighted by molar-refractivity contribution is 7.14. The number of hydrogen-bond donors (Lipinski definition) is 2. The second-order valence-electron chi connectivity index (χ2n) is 5.96. The molecule has 0 radical (unpaired) electrons. The topological polar surface area (TPSA) is 77.2 Å². The van der Waals surface area contributed by atoms with E-state index in [2.05, 4.69) is 16.4 Å². The average molecular weight is 382 g/mol. The molecule has 0 fully saturated rings. The summed E-state index contributed by atoms with van der Waals surface area (Å²) in [6.07, 6.45) is 5.55. The molecule has 0 aliphatic carbocycles. The van der Waals surface area contributed by atoms with Gasteiger partial charge in [-0.3, -0.25) is 4.79 Å². The van der Waals surface area contributed by atoms with Gasteiger partial charge in [0.15, 0.2) is 5.13 Å². The third-order valence-corrected chi connectivity index (χ3v) is 4.85. The summed E-state index contributed by atoms with van der Waals surface area (Å²) in [5.41, 5.74) is 8.65. The molecule has 1 amide bonds. The largest absolute Gasteiger partial charge is 0.493 e. The number of carbonyl (C=O) groups excluding carboxylic acids is 1. The van der Waals surface area contributed by atoms with Crippen molar-refractivity contribution >= 4 is 34.8 Å². The molecule has 0 unspecified atom stereocenters. The van der Waals surface area contributed by atoms with E-state index in [-0.39, 0.29) is 18.3 Å². The van der Waals surface area contributed by atoms with Gasteiger partial charge < -0.3 is 15.8 Å². The molecule has 3 N–H and O–H groups in total. The van der Waals surface area contributed by atoms with Crippen molar-refractivity contribution in [3.63, 3.8) is 0 Å². The standard InChI is InChI=1S/C18H23N3O2S.ClH/c19-9-4-2-1-3-5-17(22)21-18-20-15(12-24-18)13-6-7-16-14(11-13)8-10-23-16;/h6-7,11-12H,1-5,8-10,19H2,(H,20,21,22);1H. The molecule has 1 aliphatic rings. The highest BCUT2D eigenvalue weighted by Crippen LogP contribution is 2.31. The molecular formula is C18H24ClN3O2S. The Kier molecular flexibility index (Phi) is 7.68. The van der Waals surface area contributed by atoms with Gasteiger partial charge in [-0.05, 0) is 43.1 Å². The maximum atomic E-state index is 12.0. The SMILES string of the molecule is Cl.NCCCCCCC(=O)Nc1nc(-c2ccc3c(c2)CCO3)cs1. The molecule has 25 heavy (non-hydrogen) atoms. The van der Waals surface area contributed by atoms with Crippen LogP contribution in [-0.4, -0.2) is 24.0 Å². The lowest BCUT2D eigenvalue weighted by atomic mass is 10.1. The number of nitrogens with two attached hydrogens (primary N) is 1. The van der Waals surface area contributed by atoms with Crippen molar-refractivity contribution < 1.29 is 9.53 Å². The van der Waals surface area contributed by atoms with E-state index < -0.39 is 0 Å². The van der Waals surface area contributed by atoms with Gasteiger partial charge in [-0.1, -0.05) is 12.8 Å². The number of thiazole rings is 1. The van der Waals surface area contributed by atoms with E-state index in [0.29, 0.717) is 11.6 Å². The van der Waals surface area contributed by atoms with Crippen molar-refractivity contribution in [2.24, 2.45) is 5.73 Å². The molecular weight excluding hydrogens is 358 g/mol. The summed E-state index contributed by atoms with van der Waals surface area (Å²) < 4.78 is 5.53. The number of aromatic nitrogens is 1. The number of amides is 1. The monoisotopic (exact) mass is 381 g/mol. The fourth-order valence-electron chi connectivity index (χ4n) is 2.77. The second kappa shape index (κ2) is 9.75. The summed E-state index contributed by atoms with van der Waals surface area (Å²) in [7, 11) is 0. The number of anilines is 1. The van der Waals surface area contributed by atoms with Crippen LogP contribution in [0.3, 0.4) is 0 Å². The summed E-state index contributed by atoms with van der Waals surface area (Å²) in [4.78, 5) is 16.5. The zero-order chi connectivity index (χ0) is 16.8. The molecule has 1 aromatic carbocycles. The minimum atomic E-state index is 0. The Morgan fingerprint density at radius 2 is 2.12 bits per heavy atom. The predicted octanol–water partition coefficient (Wildman–Crippen LogP) is 4.01. The van der Waals surface area contributed by atoms with E-state index in [1.807, 2.05) is 17.5 Å². The van der Waals surface area contributed by atoms with Gasteiger partial charge in [-0.15, -0.1) is 23.7 Å². The Morgan fingerprint density at radius 3 is 2.96 bits per heavy atom. The van der Waals surface area contributed by atoms with Crippen LogP contribution in [-0.2, 0) is 11.2 Å². The number of hydrogen-bond acceptors (Lipinski definition) is 5. The van der Waals surface area contributed by atoms with Crippen LogP contribution in [0.5, 0.6) is 5.75 Å². The number of fused-ring (bicyclic) bond motifs is 1. The van der Waals surface area contributed by atoms with Crippen LogP contribution >= 0.6 is 23.7 Å². The highest BCUT2D eigenvalue weighted by Gasteiger charge is 2.14. The average Bonchev–Trinajstić information content (AvgIpc) is 3.22. The molecule has 0 bridgehead atoms. The van der Waals surface area contributed by atoms with Crippen LogP contribution in [0.15, 0.2) is 23.6 Å². The van der Waals surface area contributed by atoms with Crippen LogP contribution in [0.2, 0.25) is 0 Å². The number of ether oxygens (including phenoxy) is 1. The molecule has 7 heteroatoms. The second-order valence-corrected chi connectivity index (χ2v) is 6.82. The fraction of sp³-hybridized carbons (Fsp3) is 0.444. The molecule has 2 aromatic rings. The van der Waals surface area contributed by atoms with Gasteiger partial charge in [0.2, 0.25) is 5.91 Å². The van der Waals surface area contributed by atoms with E-state index in [1.54, 1.807) is 0 Å². The third kappa shape index (κ3) is 5.42. The van der Waals surface area contributed by atoms with Gasteiger partial charge in [0.05, 0.1) is 12.3 Å². The summed E-state index contributed by atoms with van der Waals surface area (Å²) in [6, 6.07) is 6.14. The van der Waals surface area contributed by atoms with Gasteiger partial charge in [-0.2, -0.15) is 0 Å². The van der Waals surface area contributed by atoms with Gasteiger partial charge >= 0.3 is 0 Å². The Labute approximate surface area is 158 Å². The number of nitrogens with one attached hydrogen (secondary N) is 1. The molecule has 0 atom stereocenters. The van der Waals surface area contributed by atoms with Crippen molar-refractivity contribution in [2.45, 2.75) is 38.5 Å². The van der Waals surface area contributed by atoms with Crippen LogP contribution < -0.4 is 15.8 Å². The first-order valence-electron chi connectivity index (χ1n) is 8.48. The van der Waals surface area contributed by atoms with Gasteiger partial charge in [0.1, 0.15) is 5.75 Å². The predicted molar refractivity (Wildman–Crippen MR) is 105 cm³/mol. The van der Waals surface area contributed by atoms with Gasteiger partial charge in [0.25, 0.3) is 0 Å². The Balaban J connectivity index is 0.00000225. The molecule has 1 aromatic heterocycles. The number of nitrogens with zero attached hydrogens (tertiary/aromatic N) is 1. The first-order valence-corrected chi connectivity index (χ1v) is 9.36. The number of halogens is 1. The lowest BCUT2D eigenvalue weighted by molar-refractivity contribution is -0.116. The summed E-state index contributed by atoms with van der Waals surface area (Å²) in [6.45, 7) is 1.48. The van der Waals surface area contributed by atoms with E-state index in [4.69, 9.17) is 10.5 Å². The molecule has 0 saturated carbocycles. The van der Waals surface area contributed by atoms with Crippen LogP contribution in [0, 0.1) is 0 Å². The zero-order valence-electron chi connectivity index (χ0n) is 14.1. The highest BCUT2D eigenvalue weighted by atomic mass is 35.5. The normalized spacial score (nSPS) is 12.2. The maximum absolute atomic E-state index is 12.0. The van der Waals surface area contributed by atoms with E-state index >= 15 is 0 Å². The number of unbranched alkanes of at least 4 members (excludes halogenated alkanes) is 3. The Morgan fingerprint density at radius 1 is 1.28 bits per heavy atom. The molecule has 1 aliphatic heterocycles. The molecule has 5 nitrogen and oxygen atoms in total. The van der Waals surface area contributed by atoms with E-state index in [0.717, 1.165) is 62.3 Å². The van der Waals surface area contributed by atoms with Crippen molar-refractivity contribution in [3.8, 4) is 17.0 Å². The minimum absolute atomic E-state index is 0. The van der Waals surface area contributed by atoms with E-state index in [1.165, 1.54) is 16.9 Å². The lowest BCUT2D eigenvalue weighted by Crippen LogP contribution is -2.10. The van der Waals surface area contributed by atoms with E-state index in [9.17, 15) is 4.79 Å². The lowest BCUT2D eigenvalue weighted by Gasteiger charge is -2.02. The number of carbonyl (C=O) groups is 1. The molecule has 3 rings (SSSR count). The van der Waals surface area contributed by atoms with Crippen LogP contribution in [0.1, 0.15) is 37.7 Å². The van der Waals surface area contributed by atoms with Crippen LogP contribution in [0.25, 0.3) is 11.3 Å². The Bertz CT molecular complexity index is 705. The van der Waals surface area contributed by atoms with Crippen molar-refractivity contribution in [3.05, 3.63) is 29.1 Å². The van der Waals surface area contributed by atoms with Crippen molar-refractivity contribution in [1.82, 2.24) is 4.98 Å². The van der Waals surface area contributed by atoms with Gasteiger partial charge in [0, 0.05) is 23.8 Å². The smallest absolute Gasteiger partial charge is 0.226 e. The summed E-state index contributed by atoms with van der Waals surface area (Å²) >= 11 is 1.46. The third-order valence-electron chi connectivity index (χ3n) is 4.09. The van der Waals surface area contributed by atoms with Gasteiger partial charge in [-0.25, -0.2) is 4.98 Å². The quantitative estimate of drug-likeness (QED) is 0.677. The molecule has 2 heterocycles. The number of benzene rings is 1. The fourth-order valence-corrected chi connectivity index (χ4v) is 3.51. The van der Waals surface area contributed by atoms with Crippen molar-refractivity contribution in [2.75, 3.05) is 18.5 Å². The first kappa shape index (κ1) is 19.7.